The van der Waals surface area contributed by atoms with E-state index in [0.29, 0.717) is 22.6 Å². The van der Waals surface area contributed by atoms with Crippen LogP contribution in [-0.4, -0.2) is 31.8 Å². The van der Waals surface area contributed by atoms with Crippen LogP contribution in [0.15, 0.2) is 35.5 Å². The Morgan fingerprint density at radius 1 is 1.17 bits per heavy atom. The van der Waals surface area contributed by atoms with Crippen molar-refractivity contribution in [2.24, 2.45) is 0 Å². The summed E-state index contributed by atoms with van der Waals surface area (Å²) in [7, 11) is -2.84. The van der Waals surface area contributed by atoms with Crippen LogP contribution in [0.1, 0.15) is 37.5 Å². The first kappa shape index (κ1) is 25.2. The molecule has 0 aliphatic rings. The van der Waals surface area contributed by atoms with Gasteiger partial charge in [-0.3, -0.25) is 5.32 Å². The van der Waals surface area contributed by atoms with Gasteiger partial charge in [-0.05, 0) is 52.7 Å². The van der Waals surface area contributed by atoms with Crippen LogP contribution in [0.5, 0.6) is 5.75 Å². The van der Waals surface area contributed by atoms with E-state index in [0.717, 1.165) is 5.56 Å². The van der Waals surface area contributed by atoms with Gasteiger partial charge in [0.2, 0.25) is 18.1 Å². The molecule has 1 heterocycles. The molecule has 166 valence electrons. The molecular formula is C20H29N3O6S. The lowest BCUT2D eigenvalue weighted by Crippen LogP contribution is -2.43. The van der Waals surface area contributed by atoms with Crippen LogP contribution in [0.25, 0.3) is 0 Å². The summed E-state index contributed by atoms with van der Waals surface area (Å²) in [6.07, 6.45) is 2.60. The molecular weight excluding hydrogens is 410 g/mol. The Morgan fingerprint density at radius 2 is 1.70 bits per heavy atom. The fraction of sp³-hybridized carbons (Fsp3) is 0.400. The van der Waals surface area contributed by atoms with E-state index in [1.54, 1.807) is 65.2 Å². The quantitative estimate of drug-likeness (QED) is 0.426. The molecule has 2 aromatic rings. The smallest absolute Gasteiger partial charge is 0.412 e. The Morgan fingerprint density at radius 3 is 2.13 bits per heavy atom. The van der Waals surface area contributed by atoms with Gasteiger partial charge in [0.15, 0.2) is 0 Å². The van der Waals surface area contributed by atoms with Crippen LogP contribution in [0.2, 0.25) is 0 Å². The van der Waals surface area contributed by atoms with Crippen molar-refractivity contribution in [1.82, 2.24) is 0 Å². The molecule has 3 N–H and O–H groups in total. The number of carbonyl (C=O) groups is 1. The Hall–Kier alpha value is -2.85. The van der Waals surface area contributed by atoms with E-state index in [1.165, 1.54) is 11.8 Å². The molecule has 1 aromatic heterocycles. The first-order valence-electron chi connectivity index (χ1n) is 9.02. The molecule has 0 radical (unpaired) electrons. The number of nitrogen functional groups attached to an aromatic ring is 1. The van der Waals surface area contributed by atoms with Crippen molar-refractivity contribution in [3.05, 3.63) is 47.3 Å². The second-order valence-electron chi connectivity index (χ2n) is 7.68. The van der Waals surface area contributed by atoms with E-state index >= 15 is 0 Å². The van der Waals surface area contributed by atoms with Crippen molar-refractivity contribution in [2.75, 3.05) is 18.3 Å². The van der Waals surface area contributed by atoms with Crippen molar-refractivity contribution in [3.63, 3.8) is 0 Å². The van der Waals surface area contributed by atoms with Crippen LogP contribution in [0, 0.1) is 20.8 Å². The van der Waals surface area contributed by atoms with E-state index < -0.39 is 21.8 Å². The summed E-state index contributed by atoms with van der Waals surface area (Å²) in [4.78, 5) is 11.5. The number of aryl methyl sites for hydroxylation is 3. The van der Waals surface area contributed by atoms with Gasteiger partial charge < -0.3 is 14.0 Å². The third-order valence-corrected chi connectivity index (χ3v) is 4.80. The molecule has 0 fully saturated rings. The molecule has 0 saturated carbocycles. The predicted octanol–water partition coefficient (Wildman–Crippen LogP) is 2.56. The van der Waals surface area contributed by atoms with Crippen LogP contribution in [0.3, 0.4) is 0 Å². The lowest BCUT2D eigenvalue weighted by atomic mass is 10.1. The molecule has 1 aromatic carbocycles. The lowest BCUT2D eigenvalue weighted by Gasteiger charge is -2.19. The summed E-state index contributed by atoms with van der Waals surface area (Å²) in [5, 5.41) is 2.59. The van der Waals surface area contributed by atoms with E-state index in [2.05, 4.69) is 5.32 Å². The monoisotopic (exact) mass is 439 g/mol. The normalized spacial score (nSPS) is 11.2. The van der Waals surface area contributed by atoms with Gasteiger partial charge in [-0.1, -0.05) is 22.4 Å². The maximum atomic E-state index is 11.6. The minimum atomic E-state index is -4.33. The van der Waals surface area contributed by atoms with Gasteiger partial charge in [0, 0.05) is 6.07 Å². The Kier molecular flexibility index (Phi) is 8.20. The van der Waals surface area contributed by atoms with Gasteiger partial charge in [-0.15, -0.1) is 0 Å². The molecule has 0 saturated heterocycles. The summed E-state index contributed by atoms with van der Waals surface area (Å²) in [5.74, 6) is 5.99. The minimum Gasteiger partial charge on any atom is -0.744 e. The molecule has 30 heavy (non-hydrogen) atoms. The average molecular weight is 440 g/mol. The highest BCUT2D eigenvalue weighted by atomic mass is 32.2. The van der Waals surface area contributed by atoms with Gasteiger partial charge in [-0.2, -0.15) is 0 Å². The molecule has 0 atom stereocenters. The molecule has 0 bridgehead atoms. The van der Waals surface area contributed by atoms with Crippen molar-refractivity contribution < 1.29 is 31.9 Å². The maximum absolute atomic E-state index is 11.6. The number of rotatable bonds is 3. The second kappa shape index (κ2) is 9.77. The van der Waals surface area contributed by atoms with Crippen molar-refractivity contribution >= 4 is 21.9 Å². The maximum Gasteiger partial charge on any atom is 0.412 e. The number of anilines is 1. The predicted molar refractivity (Wildman–Crippen MR) is 112 cm³/mol. The van der Waals surface area contributed by atoms with Gasteiger partial charge in [-0.25, -0.2) is 19.1 Å². The molecule has 2 rings (SSSR count). The largest absolute Gasteiger partial charge is 0.744 e. The second-order valence-corrected chi connectivity index (χ2v) is 9.00. The summed E-state index contributed by atoms with van der Waals surface area (Å²) in [6, 6.07) is 5.01. The zero-order valence-electron chi connectivity index (χ0n) is 18.3. The number of benzene rings is 1. The number of hydrogen-bond acceptors (Lipinski definition) is 7. The molecule has 0 aliphatic carbocycles. The Balaban J connectivity index is 0.000000311. The molecule has 9 nitrogen and oxygen atoms in total. The van der Waals surface area contributed by atoms with E-state index in [-0.39, 0.29) is 4.90 Å². The highest BCUT2D eigenvalue weighted by molar-refractivity contribution is 7.85. The molecule has 0 aliphatic heterocycles. The number of amides is 1. The zero-order chi connectivity index (χ0) is 23.3. The molecule has 0 unspecified atom stereocenters. The van der Waals surface area contributed by atoms with Gasteiger partial charge in [0.1, 0.15) is 15.7 Å². The first-order chi connectivity index (χ1) is 13.6. The zero-order valence-corrected chi connectivity index (χ0v) is 19.1. The highest BCUT2D eigenvalue weighted by Gasteiger charge is 2.18. The van der Waals surface area contributed by atoms with Crippen LogP contribution >= 0.6 is 0 Å². The van der Waals surface area contributed by atoms with E-state index in [9.17, 15) is 17.8 Å². The topological polar surface area (TPSA) is 135 Å². The summed E-state index contributed by atoms with van der Waals surface area (Å²) < 4.78 is 44.0. The van der Waals surface area contributed by atoms with Crippen LogP contribution in [0.4, 0.5) is 10.5 Å². The number of pyridine rings is 1. The number of nitrogens with zero attached hydrogens (tertiary/aromatic N) is 1. The number of carbonyl (C=O) groups excluding carboxylic acids is 1. The molecule has 1 amide bonds. The fourth-order valence-corrected chi connectivity index (χ4v) is 3.64. The van der Waals surface area contributed by atoms with E-state index in [4.69, 9.17) is 15.3 Å². The Bertz CT molecular complexity index is 991. The lowest BCUT2D eigenvalue weighted by molar-refractivity contribution is -0.639. The highest BCUT2D eigenvalue weighted by Crippen LogP contribution is 2.22. The van der Waals surface area contributed by atoms with Crippen molar-refractivity contribution in [1.29, 1.82) is 0 Å². The number of nitrogens with one attached hydrogen (secondary N) is 1. The van der Waals surface area contributed by atoms with Crippen molar-refractivity contribution in [2.45, 2.75) is 52.0 Å². The Labute approximate surface area is 177 Å². The number of methoxy groups -OCH3 is 1. The van der Waals surface area contributed by atoms with Gasteiger partial charge >= 0.3 is 6.09 Å². The number of nitrogens with two attached hydrogens (primary N) is 1. The number of aromatic nitrogens is 1. The minimum absolute atomic E-state index is 0.0851. The van der Waals surface area contributed by atoms with Crippen LogP contribution in [-0.2, 0) is 14.9 Å². The summed E-state index contributed by atoms with van der Waals surface area (Å²) >= 11 is 0. The average Bonchev–Trinajstić information content (AvgIpc) is 2.53. The van der Waals surface area contributed by atoms with Crippen LogP contribution < -0.4 is 20.6 Å². The third-order valence-electron chi connectivity index (χ3n) is 3.66. The number of ether oxygens (including phenoxy) is 2. The SMILES string of the molecule is COc1c[n+](N)ccc1NC(=O)OC(C)(C)C.Cc1cc(C)c(S(=O)(=O)[O-])c(C)c1. The first-order valence-corrected chi connectivity index (χ1v) is 10.4. The standard InChI is InChI=1S/C11H17N3O3.C9H12O3S/c1-11(2,3)17-10(15)13-8-5-6-14(12)7-9(8)16-4;1-6-4-7(2)9(8(3)5-6)13(10,11)12/h5-7H,12H2,1-4H3;4-5H,1-3H3,(H,10,11,12). The van der Waals surface area contributed by atoms with Gasteiger partial charge in [0.05, 0.1) is 17.7 Å². The van der Waals surface area contributed by atoms with Crippen molar-refractivity contribution in [3.8, 4) is 5.75 Å². The van der Waals surface area contributed by atoms with E-state index in [1.807, 2.05) is 6.92 Å². The number of hydrogen-bond donors (Lipinski definition) is 2. The summed E-state index contributed by atoms with van der Waals surface area (Å²) in [5.41, 5.74) is 1.96. The van der Waals surface area contributed by atoms with Gasteiger partial charge in [0.25, 0.3) is 0 Å². The summed E-state index contributed by atoms with van der Waals surface area (Å²) in [6.45, 7) is 10.5. The molecule has 0 spiro atoms. The molecule has 10 heteroatoms. The fourth-order valence-electron chi connectivity index (χ4n) is 2.73. The third kappa shape index (κ3) is 7.88.